The van der Waals surface area contributed by atoms with Crippen molar-refractivity contribution >= 4 is 33.9 Å². The fourth-order valence-corrected chi connectivity index (χ4v) is 4.39. The summed E-state index contributed by atoms with van der Waals surface area (Å²) in [5.41, 5.74) is 13.2. The van der Waals surface area contributed by atoms with Crippen molar-refractivity contribution in [3.05, 3.63) is 88.3 Å². The molecule has 0 bridgehead atoms. The van der Waals surface area contributed by atoms with Crippen LogP contribution < -0.4 is 21.9 Å². The van der Waals surface area contributed by atoms with Crippen LogP contribution in [0.2, 0.25) is 0 Å². The minimum absolute atomic E-state index is 0.0142. The van der Waals surface area contributed by atoms with Gasteiger partial charge in [-0.15, -0.1) is 18.3 Å². The van der Waals surface area contributed by atoms with E-state index < -0.39 is 11.6 Å². The molecule has 0 radical (unpaired) electrons. The van der Waals surface area contributed by atoms with Gasteiger partial charge in [0, 0.05) is 11.1 Å². The zero-order chi connectivity index (χ0) is 25.7. The fraction of sp³-hybridized carbons (Fsp3) is 0.321. The van der Waals surface area contributed by atoms with Crippen molar-refractivity contribution in [2.45, 2.75) is 53.9 Å². The molecular formula is C28H37F2N3S. The van der Waals surface area contributed by atoms with Crippen molar-refractivity contribution in [2.24, 2.45) is 16.5 Å². The van der Waals surface area contributed by atoms with Crippen LogP contribution in [0.5, 0.6) is 0 Å². The Morgan fingerprint density at radius 3 is 2.18 bits per heavy atom. The molecule has 0 amide bonds. The molecule has 0 aromatic heterocycles. The monoisotopic (exact) mass is 485 g/mol. The average Bonchev–Trinajstić information content (AvgIpc) is 2.79. The molecule has 2 aromatic carbocycles. The summed E-state index contributed by atoms with van der Waals surface area (Å²) in [5, 5.41) is 1.75. The van der Waals surface area contributed by atoms with Crippen LogP contribution in [0.3, 0.4) is 0 Å². The quantitative estimate of drug-likeness (QED) is 0.271. The van der Waals surface area contributed by atoms with E-state index in [1.807, 2.05) is 38.1 Å². The van der Waals surface area contributed by atoms with Gasteiger partial charge in [-0.05, 0) is 78.0 Å². The molecule has 0 fully saturated rings. The number of allylic oxidation sites excluding steroid dienone is 2. The van der Waals surface area contributed by atoms with Crippen LogP contribution >= 0.6 is 11.8 Å². The van der Waals surface area contributed by atoms with Gasteiger partial charge < -0.3 is 11.5 Å². The minimum atomic E-state index is -0.582. The van der Waals surface area contributed by atoms with Gasteiger partial charge in [0.15, 0.2) is 5.96 Å². The molecule has 0 atom stereocenters. The standard InChI is InChI=1S/C25H31F2N3S.C3H6/c1-5-9-22(30-25(28)29)17-12-13-18(23(7-3)31-14-6-2)19(15-17)16(4)24-20(26)10-8-11-21(24)27;1-3-2/h8-13,15H,5-7,14H2,1-4H3,(H4,28,29,30);3H,1H2,2H3/b19-16+,22-9+,23-18+;. The summed E-state index contributed by atoms with van der Waals surface area (Å²) in [7, 11) is 0. The predicted octanol–water partition coefficient (Wildman–Crippen LogP) is 6.06. The van der Waals surface area contributed by atoms with E-state index in [0.29, 0.717) is 11.3 Å². The third kappa shape index (κ3) is 8.17. The first-order chi connectivity index (χ1) is 16.2. The highest BCUT2D eigenvalue weighted by molar-refractivity contribution is 8.07. The molecule has 4 N–H and O–H groups in total. The van der Waals surface area contributed by atoms with Crippen molar-refractivity contribution in [2.75, 3.05) is 5.75 Å². The van der Waals surface area contributed by atoms with Gasteiger partial charge in [-0.3, -0.25) is 0 Å². The second-order valence-corrected chi connectivity index (χ2v) is 8.74. The Bertz CT molecular complexity index is 1130. The molecule has 0 aliphatic heterocycles. The lowest BCUT2D eigenvalue weighted by Gasteiger charge is -2.11. The maximum atomic E-state index is 14.6. The summed E-state index contributed by atoms with van der Waals surface area (Å²) in [6, 6.07) is 9.82. The lowest BCUT2D eigenvalue weighted by molar-refractivity contribution is 0.576. The molecule has 2 rings (SSSR count). The van der Waals surface area contributed by atoms with E-state index in [1.54, 1.807) is 24.8 Å². The molecule has 0 spiro atoms. The van der Waals surface area contributed by atoms with E-state index in [9.17, 15) is 8.78 Å². The van der Waals surface area contributed by atoms with Crippen LogP contribution in [0.4, 0.5) is 8.78 Å². The highest BCUT2D eigenvalue weighted by Gasteiger charge is 2.13. The molecule has 0 unspecified atom stereocenters. The molecule has 0 heterocycles. The highest BCUT2D eigenvalue weighted by Crippen LogP contribution is 2.22. The van der Waals surface area contributed by atoms with Crippen molar-refractivity contribution < 1.29 is 8.78 Å². The van der Waals surface area contributed by atoms with Crippen molar-refractivity contribution in [1.29, 1.82) is 0 Å². The van der Waals surface area contributed by atoms with E-state index in [2.05, 4.69) is 25.4 Å². The second-order valence-electron chi connectivity index (χ2n) is 7.55. The van der Waals surface area contributed by atoms with Crippen LogP contribution in [0.25, 0.3) is 16.2 Å². The highest BCUT2D eigenvalue weighted by atomic mass is 32.2. The number of nitrogens with zero attached hydrogens (tertiary/aromatic N) is 1. The number of hydrogen-bond acceptors (Lipinski definition) is 2. The molecule has 6 heteroatoms. The third-order valence-corrected chi connectivity index (χ3v) is 6.28. The average molecular weight is 486 g/mol. The normalized spacial score (nSPS) is 12.9. The first-order valence-corrected chi connectivity index (χ1v) is 12.5. The Hall–Kier alpha value is -2.86. The number of rotatable bonds is 8. The number of hydrogen-bond donors (Lipinski definition) is 2. The molecule has 0 aliphatic rings. The van der Waals surface area contributed by atoms with Crippen LogP contribution in [0, 0.1) is 11.6 Å². The number of guanidine groups is 1. The fourth-order valence-electron chi connectivity index (χ4n) is 3.40. The summed E-state index contributed by atoms with van der Waals surface area (Å²) < 4.78 is 29.2. The second kappa shape index (κ2) is 15.1. The Kier molecular flexibility index (Phi) is 13.0. The number of benzene rings is 2. The van der Waals surface area contributed by atoms with E-state index in [4.69, 9.17) is 11.5 Å². The Balaban J connectivity index is 0.00000182. The maximum Gasteiger partial charge on any atom is 0.191 e. The van der Waals surface area contributed by atoms with Crippen molar-refractivity contribution in [3.63, 3.8) is 0 Å². The zero-order valence-electron chi connectivity index (χ0n) is 20.9. The first-order valence-electron chi connectivity index (χ1n) is 11.5. The van der Waals surface area contributed by atoms with Gasteiger partial charge in [0.25, 0.3) is 0 Å². The van der Waals surface area contributed by atoms with E-state index in [-0.39, 0.29) is 11.5 Å². The Morgan fingerprint density at radius 2 is 1.68 bits per heavy atom. The lowest BCUT2D eigenvalue weighted by atomic mass is 9.99. The molecular weight excluding hydrogens is 448 g/mol. The van der Waals surface area contributed by atoms with Gasteiger partial charge in [-0.1, -0.05) is 51.1 Å². The van der Waals surface area contributed by atoms with E-state index in [1.165, 1.54) is 23.1 Å². The van der Waals surface area contributed by atoms with Crippen LogP contribution in [-0.2, 0) is 0 Å². The Labute approximate surface area is 207 Å². The summed E-state index contributed by atoms with van der Waals surface area (Å²) in [4.78, 5) is 5.44. The van der Waals surface area contributed by atoms with Gasteiger partial charge in [0.2, 0.25) is 0 Å². The lowest BCUT2D eigenvalue weighted by Crippen LogP contribution is -2.30. The van der Waals surface area contributed by atoms with E-state index >= 15 is 0 Å². The maximum absolute atomic E-state index is 14.6. The number of aliphatic imine (C=N–C) groups is 1. The molecule has 3 nitrogen and oxygen atoms in total. The zero-order valence-corrected chi connectivity index (χ0v) is 21.7. The van der Waals surface area contributed by atoms with Crippen LogP contribution in [0.1, 0.15) is 65.0 Å². The molecule has 184 valence electrons. The topological polar surface area (TPSA) is 64.4 Å². The summed E-state index contributed by atoms with van der Waals surface area (Å²) in [5.74, 6) is -0.222. The van der Waals surface area contributed by atoms with Crippen molar-refractivity contribution in [1.82, 2.24) is 0 Å². The molecule has 0 saturated carbocycles. The van der Waals surface area contributed by atoms with Crippen molar-refractivity contribution in [3.8, 4) is 0 Å². The minimum Gasteiger partial charge on any atom is -0.370 e. The molecule has 0 saturated heterocycles. The van der Waals surface area contributed by atoms with Crippen LogP contribution in [-0.4, -0.2) is 11.7 Å². The molecule has 0 aliphatic carbocycles. The van der Waals surface area contributed by atoms with Gasteiger partial charge in [0.1, 0.15) is 11.6 Å². The van der Waals surface area contributed by atoms with Gasteiger partial charge in [-0.2, -0.15) is 0 Å². The van der Waals surface area contributed by atoms with E-state index in [0.717, 1.165) is 41.0 Å². The summed E-state index contributed by atoms with van der Waals surface area (Å²) in [6.45, 7) is 13.2. The number of halogens is 2. The molecule has 34 heavy (non-hydrogen) atoms. The van der Waals surface area contributed by atoms with Crippen LogP contribution in [0.15, 0.2) is 60.1 Å². The predicted molar refractivity (Wildman–Crippen MR) is 147 cm³/mol. The van der Waals surface area contributed by atoms with Gasteiger partial charge in [-0.25, -0.2) is 13.8 Å². The smallest absolute Gasteiger partial charge is 0.191 e. The number of thioether (sulfide) groups is 1. The van der Waals surface area contributed by atoms with Gasteiger partial charge in [0.05, 0.1) is 5.70 Å². The first kappa shape index (κ1) is 29.2. The SMILES string of the molecule is C=CC.CC/C=C(/N=C(N)N)c1ccc(=C(/CC)SCCC)/c(=C(\C)c2c(F)cccc2F)c1. The third-order valence-electron chi connectivity index (χ3n) is 4.81. The summed E-state index contributed by atoms with van der Waals surface area (Å²) >= 11 is 1.78. The number of nitrogens with two attached hydrogens (primary N) is 2. The molecule has 2 aromatic rings. The van der Waals surface area contributed by atoms with Gasteiger partial charge >= 0.3 is 0 Å². The largest absolute Gasteiger partial charge is 0.370 e. The Morgan fingerprint density at radius 1 is 1.06 bits per heavy atom. The summed E-state index contributed by atoms with van der Waals surface area (Å²) in [6.07, 6.45) is 6.29.